The van der Waals surface area contributed by atoms with Crippen molar-refractivity contribution in [2.45, 2.75) is 13.0 Å². The minimum Gasteiger partial charge on any atom is -0.503 e. The first-order chi connectivity index (χ1) is 12.4. The maximum absolute atomic E-state index is 13.0. The third-order valence-electron chi connectivity index (χ3n) is 4.47. The maximum Gasteiger partial charge on any atom is 0.290 e. The topological polar surface area (TPSA) is 60.9 Å². The predicted octanol–water partition coefficient (Wildman–Crippen LogP) is 3.20. The SMILES string of the molecule is Cc1ccc(C2C(C(=O)c3cccs3)=C(O)C(=O)N2CCN(C)C)cc1. The molecule has 0 radical (unpaired) electrons. The van der Waals surface area contributed by atoms with Crippen LogP contribution in [-0.2, 0) is 4.79 Å². The predicted molar refractivity (Wildman–Crippen MR) is 102 cm³/mol. The highest BCUT2D eigenvalue weighted by molar-refractivity contribution is 7.12. The summed E-state index contributed by atoms with van der Waals surface area (Å²) in [6.45, 7) is 3.05. The molecule has 2 aromatic rings. The van der Waals surface area contributed by atoms with Crippen LogP contribution in [0.2, 0.25) is 0 Å². The molecule has 0 bridgehead atoms. The first kappa shape index (κ1) is 18.4. The van der Waals surface area contributed by atoms with Crippen molar-refractivity contribution in [3.8, 4) is 0 Å². The second-order valence-corrected chi connectivity index (χ2v) is 7.63. The molecule has 1 aliphatic rings. The van der Waals surface area contributed by atoms with Crippen LogP contribution in [0.4, 0.5) is 0 Å². The van der Waals surface area contributed by atoms with Gasteiger partial charge in [0.1, 0.15) is 0 Å². The number of likely N-dealkylation sites (N-methyl/N-ethyl adjacent to an activating group) is 1. The number of amides is 1. The highest BCUT2D eigenvalue weighted by atomic mass is 32.1. The molecule has 1 aliphatic heterocycles. The van der Waals surface area contributed by atoms with E-state index >= 15 is 0 Å². The zero-order valence-electron chi connectivity index (χ0n) is 15.1. The number of nitrogens with zero attached hydrogens (tertiary/aromatic N) is 2. The number of benzene rings is 1. The third kappa shape index (κ3) is 3.43. The molecule has 3 rings (SSSR count). The molecule has 1 amide bonds. The third-order valence-corrected chi connectivity index (χ3v) is 5.34. The van der Waals surface area contributed by atoms with Gasteiger partial charge in [0.25, 0.3) is 5.91 Å². The maximum atomic E-state index is 13.0. The van der Waals surface area contributed by atoms with Crippen molar-refractivity contribution in [1.82, 2.24) is 9.80 Å². The number of ketones is 1. The summed E-state index contributed by atoms with van der Waals surface area (Å²) in [6, 6.07) is 10.7. The number of aryl methyl sites for hydroxylation is 1. The number of thiophene rings is 1. The van der Waals surface area contributed by atoms with Gasteiger partial charge in [-0.15, -0.1) is 11.3 Å². The molecule has 136 valence electrons. The van der Waals surface area contributed by atoms with E-state index in [0.717, 1.165) is 11.1 Å². The van der Waals surface area contributed by atoms with E-state index in [4.69, 9.17) is 0 Å². The van der Waals surface area contributed by atoms with Gasteiger partial charge in [0, 0.05) is 13.1 Å². The molecule has 0 saturated carbocycles. The minimum atomic E-state index is -0.572. The van der Waals surface area contributed by atoms with Gasteiger partial charge in [-0.05, 0) is 38.0 Å². The van der Waals surface area contributed by atoms with Crippen molar-refractivity contribution in [1.29, 1.82) is 0 Å². The first-order valence-corrected chi connectivity index (χ1v) is 9.31. The lowest BCUT2D eigenvalue weighted by Gasteiger charge is -2.28. The number of hydrogen-bond acceptors (Lipinski definition) is 5. The molecule has 2 heterocycles. The van der Waals surface area contributed by atoms with Crippen molar-refractivity contribution >= 4 is 23.0 Å². The summed E-state index contributed by atoms with van der Waals surface area (Å²) in [5.74, 6) is -1.21. The average molecular weight is 370 g/mol. The van der Waals surface area contributed by atoms with Gasteiger partial charge in [0.15, 0.2) is 5.76 Å². The second kappa shape index (κ2) is 7.43. The van der Waals surface area contributed by atoms with E-state index < -0.39 is 17.7 Å². The fourth-order valence-electron chi connectivity index (χ4n) is 3.06. The lowest BCUT2D eigenvalue weighted by atomic mass is 9.95. The molecule has 26 heavy (non-hydrogen) atoms. The molecule has 1 atom stereocenters. The summed E-state index contributed by atoms with van der Waals surface area (Å²) in [5.41, 5.74) is 2.09. The van der Waals surface area contributed by atoms with Gasteiger partial charge in [-0.25, -0.2) is 0 Å². The molecule has 1 unspecified atom stereocenters. The molecule has 0 saturated heterocycles. The van der Waals surface area contributed by atoms with Gasteiger partial charge in [-0.2, -0.15) is 0 Å². The van der Waals surface area contributed by atoms with Crippen molar-refractivity contribution < 1.29 is 14.7 Å². The van der Waals surface area contributed by atoms with Gasteiger partial charge in [0.05, 0.1) is 16.5 Å². The largest absolute Gasteiger partial charge is 0.503 e. The summed E-state index contributed by atoms with van der Waals surface area (Å²) < 4.78 is 0. The van der Waals surface area contributed by atoms with Crippen LogP contribution in [-0.4, -0.2) is 53.8 Å². The summed E-state index contributed by atoms with van der Waals surface area (Å²) in [4.78, 5) is 29.8. The standard InChI is InChI=1S/C20H22N2O3S/c1-13-6-8-14(9-7-13)17-16(18(23)15-5-4-12-26-15)19(24)20(25)22(17)11-10-21(2)3/h4-9,12,17,24H,10-11H2,1-3H3. The molecule has 5 nitrogen and oxygen atoms in total. The van der Waals surface area contributed by atoms with Gasteiger partial charge in [-0.1, -0.05) is 35.9 Å². The van der Waals surface area contributed by atoms with Crippen LogP contribution >= 0.6 is 11.3 Å². The summed E-state index contributed by atoms with van der Waals surface area (Å²) >= 11 is 1.31. The summed E-state index contributed by atoms with van der Waals surface area (Å²) in [5, 5.41) is 12.3. The van der Waals surface area contributed by atoms with Crippen LogP contribution < -0.4 is 0 Å². The number of aliphatic hydroxyl groups is 1. The number of Topliss-reactive ketones (excluding diaryl/α,β-unsaturated/α-hetero) is 1. The zero-order chi connectivity index (χ0) is 18.8. The fraction of sp³-hybridized carbons (Fsp3) is 0.300. The second-order valence-electron chi connectivity index (χ2n) is 6.68. The lowest BCUT2D eigenvalue weighted by Crippen LogP contribution is -2.36. The van der Waals surface area contributed by atoms with E-state index in [-0.39, 0.29) is 11.4 Å². The van der Waals surface area contributed by atoms with Gasteiger partial charge in [0.2, 0.25) is 5.78 Å². The smallest absolute Gasteiger partial charge is 0.290 e. The van der Waals surface area contributed by atoms with E-state index in [0.29, 0.717) is 18.0 Å². The molecule has 0 aliphatic carbocycles. The summed E-state index contributed by atoms with van der Waals surface area (Å²) in [7, 11) is 3.85. The van der Waals surface area contributed by atoms with Crippen LogP contribution in [0.25, 0.3) is 0 Å². The fourth-order valence-corrected chi connectivity index (χ4v) is 3.74. The van der Waals surface area contributed by atoms with E-state index in [9.17, 15) is 14.7 Å². The van der Waals surface area contributed by atoms with Crippen LogP contribution in [0.5, 0.6) is 0 Å². The number of rotatable bonds is 6. The van der Waals surface area contributed by atoms with Gasteiger partial charge < -0.3 is 14.9 Å². The highest BCUT2D eigenvalue weighted by Crippen LogP contribution is 2.39. The van der Waals surface area contributed by atoms with Crippen LogP contribution in [0.1, 0.15) is 26.8 Å². The van der Waals surface area contributed by atoms with E-state index in [1.807, 2.05) is 55.6 Å². The Bertz CT molecular complexity index is 838. The lowest BCUT2D eigenvalue weighted by molar-refractivity contribution is -0.129. The van der Waals surface area contributed by atoms with E-state index in [1.54, 1.807) is 17.0 Å². The Labute approximate surface area is 157 Å². The Kier molecular flexibility index (Phi) is 5.25. The molecule has 1 N–H and O–H groups in total. The molecule has 0 spiro atoms. The van der Waals surface area contributed by atoms with Crippen LogP contribution in [0.15, 0.2) is 53.1 Å². The normalized spacial score (nSPS) is 17.5. The van der Waals surface area contributed by atoms with Crippen molar-refractivity contribution in [3.63, 3.8) is 0 Å². The van der Waals surface area contributed by atoms with Crippen molar-refractivity contribution in [2.24, 2.45) is 0 Å². The van der Waals surface area contributed by atoms with Crippen molar-refractivity contribution in [3.05, 3.63) is 69.1 Å². The number of aliphatic hydroxyl groups excluding tert-OH is 1. The van der Waals surface area contributed by atoms with Gasteiger partial charge >= 0.3 is 0 Å². The monoisotopic (exact) mass is 370 g/mol. The highest BCUT2D eigenvalue weighted by Gasteiger charge is 2.43. The quantitative estimate of drug-likeness (QED) is 0.794. The molecule has 6 heteroatoms. The van der Waals surface area contributed by atoms with Crippen LogP contribution in [0, 0.1) is 6.92 Å². The van der Waals surface area contributed by atoms with Crippen LogP contribution in [0.3, 0.4) is 0 Å². The Morgan fingerprint density at radius 2 is 1.92 bits per heavy atom. The Hall–Kier alpha value is -2.44. The zero-order valence-corrected chi connectivity index (χ0v) is 15.9. The Morgan fingerprint density at radius 3 is 2.50 bits per heavy atom. The number of carbonyl (C=O) groups excluding carboxylic acids is 2. The Balaban J connectivity index is 2.05. The molecular weight excluding hydrogens is 348 g/mol. The van der Waals surface area contributed by atoms with Crippen molar-refractivity contribution in [2.75, 3.05) is 27.2 Å². The Morgan fingerprint density at radius 1 is 1.23 bits per heavy atom. The molecule has 1 aromatic carbocycles. The van der Waals surface area contributed by atoms with E-state index in [2.05, 4.69) is 0 Å². The molecule has 0 fully saturated rings. The number of carbonyl (C=O) groups is 2. The minimum absolute atomic E-state index is 0.167. The summed E-state index contributed by atoms with van der Waals surface area (Å²) in [6.07, 6.45) is 0. The average Bonchev–Trinajstić information content (AvgIpc) is 3.22. The first-order valence-electron chi connectivity index (χ1n) is 8.43. The molecular formula is C20H22N2O3S. The van der Waals surface area contributed by atoms with E-state index in [1.165, 1.54) is 11.3 Å². The van der Waals surface area contributed by atoms with Gasteiger partial charge in [-0.3, -0.25) is 9.59 Å². The number of hydrogen-bond donors (Lipinski definition) is 1. The molecule has 1 aromatic heterocycles.